The molecule has 1 aliphatic heterocycles. The number of morpholine rings is 1. The Morgan fingerprint density at radius 2 is 2.16 bits per heavy atom. The average Bonchev–Trinajstić information content (AvgIpc) is 3.15. The fraction of sp³-hybridized carbons (Fsp3) is 0.615. The van der Waals surface area contributed by atoms with Gasteiger partial charge in [-0.05, 0) is 25.7 Å². The van der Waals surface area contributed by atoms with Gasteiger partial charge in [0.1, 0.15) is 16.7 Å². The van der Waals surface area contributed by atoms with E-state index in [0.717, 1.165) is 35.2 Å². The highest BCUT2D eigenvalue weighted by atomic mass is 32.1. The van der Waals surface area contributed by atoms with Crippen molar-refractivity contribution in [3.05, 3.63) is 11.8 Å². The predicted molar refractivity (Wildman–Crippen MR) is 74.5 cm³/mol. The van der Waals surface area contributed by atoms with Crippen molar-refractivity contribution in [2.45, 2.75) is 32.0 Å². The van der Waals surface area contributed by atoms with Crippen LogP contribution in [0.2, 0.25) is 0 Å². The van der Waals surface area contributed by atoms with Crippen molar-refractivity contribution >= 4 is 27.5 Å². The van der Waals surface area contributed by atoms with Crippen molar-refractivity contribution in [2.75, 3.05) is 18.0 Å². The molecule has 0 radical (unpaired) electrons. The highest BCUT2D eigenvalue weighted by Gasteiger charge is 2.38. The molecule has 0 aromatic carbocycles. The minimum absolute atomic E-state index is 0.253. The third-order valence-corrected chi connectivity index (χ3v) is 4.58. The lowest BCUT2D eigenvalue weighted by atomic mass is 10.1. The van der Waals surface area contributed by atoms with Crippen LogP contribution < -0.4 is 4.90 Å². The van der Waals surface area contributed by atoms with Crippen LogP contribution in [0.5, 0.6) is 0 Å². The first-order chi connectivity index (χ1) is 9.31. The summed E-state index contributed by atoms with van der Waals surface area (Å²) in [6.07, 6.45) is 4.86. The summed E-state index contributed by atoms with van der Waals surface area (Å²) in [6, 6.07) is 0. The van der Waals surface area contributed by atoms with Crippen LogP contribution in [0, 0.1) is 5.92 Å². The molecule has 0 amide bonds. The Morgan fingerprint density at radius 3 is 3.00 bits per heavy atom. The predicted octanol–water partition coefficient (Wildman–Crippen LogP) is 2.09. The van der Waals surface area contributed by atoms with Crippen molar-refractivity contribution in [2.24, 2.45) is 5.92 Å². The number of anilines is 1. The van der Waals surface area contributed by atoms with E-state index in [1.807, 2.05) is 5.51 Å². The first-order valence-electron chi connectivity index (χ1n) is 6.76. The number of aromatic nitrogens is 3. The van der Waals surface area contributed by atoms with E-state index in [1.165, 1.54) is 12.8 Å². The van der Waals surface area contributed by atoms with Gasteiger partial charge in [0.25, 0.3) is 0 Å². The summed E-state index contributed by atoms with van der Waals surface area (Å²) < 4.78 is 6.05. The van der Waals surface area contributed by atoms with Crippen molar-refractivity contribution in [3.8, 4) is 0 Å². The fourth-order valence-corrected chi connectivity index (χ4v) is 3.42. The number of fused-ring (bicyclic) bond motifs is 1. The normalized spacial score (nSPS) is 27.9. The van der Waals surface area contributed by atoms with Crippen LogP contribution >= 0.6 is 11.3 Å². The average molecular weight is 276 g/mol. The van der Waals surface area contributed by atoms with E-state index in [-0.39, 0.29) is 6.10 Å². The van der Waals surface area contributed by atoms with Gasteiger partial charge in [-0.15, -0.1) is 11.3 Å². The number of nitrogens with zero attached hydrogens (tertiary/aromatic N) is 4. The lowest BCUT2D eigenvalue weighted by Gasteiger charge is -2.37. The van der Waals surface area contributed by atoms with E-state index < -0.39 is 0 Å². The number of rotatable bonds is 2. The SMILES string of the molecule is C[C@@H]1CN(c2ncnc3scnc23)C[C@@H](C2CC2)O1. The van der Waals surface area contributed by atoms with E-state index in [1.54, 1.807) is 17.7 Å². The minimum Gasteiger partial charge on any atom is -0.371 e. The van der Waals surface area contributed by atoms with Gasteiger partial charge in [-0.25, -0.2) is 15.0 Å². The van der Waals surface area contributed by atoms with Crippen LogP contribution in [0.1, 0.15) is 19.8 Å². The second-order valence-corrected chi connectivity index (χ2v) is 6.26. The largest absolute Gasteiger partial charge is 0.371 e. The van der Waals surface area contributed by atoms with Crippen LogP contribution in [0.15, 0.2) is 11.8 Å². The van der Waals surface area contributed by atoms with Gasteiger partial charge in [0.2, 0.25) is 0 Å². The second kappa shape index (κ2) is 4.38. The Bertz CT molecular complexity index is 597. The maximum Gasteiger partial charge on any atom is 0.159 e. The number of hydrogen-bond acceptors (Lipinski definition) is 6. The monoisotopic (exact) mass is 276 g/mol. The van der Waals surface area contributed by atoms with E-state index in [2.05, 4.69) is 26.8 Å². The van der Waals surface area contributed by atoms with Crippen LogP contribution in [0.4, 0.5) is 5.82 Å². The van der Waals surface area contributed by atoms with Crippen molar-refractivity contribution in [1.29, 1.82) is 0 Å². The summed E-state index contributed by atoms with van der Waals surface area (Å²) >= 11 is 1.57. The molecular formula is C13H16N4OS. The third kappa shape index (κ3) is 2.08. The second-order valence-electron chi connectivity index (χ2n) is 5.43. The molecule has 100 valence electrons. The van der Waals surface area contributed by atoms with E-state index in [9.17, 15) is 0 Å². The summed E-state index contributed by atoms with van der Waals surface area (Å²) in [6.45, 7) is 3.95. The highest BCUT2D eigenvalue weighted by Crippen LogP contribution is 2.38. The molecule has 1 saturated heterocycles. The van der Waals surface area contributed by atoms with Crippen molar-refractivity contribution in [3.63, 3.8) is 0 Å². The Hall–Kier alpha value is -1.27. The highest BCUT2D eigenvalue weighted by molar-refractivity contribution is 7.16. The van der Waals surface area contributed by atoms with Gasteiger partial charge in [-0.1, -0.05) is 0 Å². The quantitative estimate of drug-likeness (QED) is 0.840. The molecule has 0 spiro atoms. The summed E-state index contributed by atoms with van der Waals surface area (Å²) in [5.41, 5.74) is 2.77. The van der Waals surface area contributed by atoms with E-state index in [0.29, 0.717) is 6.10 Å². The Kier molecular flexibility index (Phi) is 2.66. The van der Waals surface area contributed by atoms with Crippen LogP contribution in [0.3, 0.4) is 0 Å². The smallest absolute Gasteiger partial charge is 0.159 e. The molecular weight excluding hydrogens is 260 g/mol. The molecule has 2 aliphatic rings. The molecule has 3 heterocycles. The molecule has 2 fully saturated rings. The van der Waals surface area contributed by atoms with Gasteiger partial charge in [0, 0.05) is 13.1 Å². The molecule has 2 atom stereocenters. The van der Waals surface area contributed by atoms with Gasteiger partial charge >= 0.3 is 0 Å². The van der Waals surface area contributed by atoms with Gasteiger partial charge in [-0.3, -0.25) is 0 Å². The molecule has 6 heteroatoms. The van der Waals surface area contributed by atoms with Crippen molar-refractivity contribution < 1.29 is 4.74 Å². The topological polar surface area (TPSA) is 51.1 Å². The van der Waals surface area contributed by atoms with E-state index >= 15 is 0 Å². The molecule has 4 rings (SSSR count). The maximum absolute atomic E-state index is 6.05. The Labute approximate surface area is 115 Å². The number of hydrogen-bond donors (Lipinski definition) is 0. The molecule has 2 aromatic heterocycles. The molecule has 0 unspecified atom stereocenters. The zero-order chi connectivity index (χ0) is 12.8. The zero-order valence-electron chi connectivity index (χ0n) is 10.8. The van der Waals surface area contributed by atoms with Crippen LogP contribution in [0.25, 0.3) is 10.3 Å². The molecule has 1 saturated carbocycles. The summed E-state index contributed by atoms with van der Waals surface area (Å²) in [5, 5.41) is 0. The standard InChI is InChI=1S/C13H16N4OS/c1-8-4-17(5-10(18-8)9-2-3-9)12-11-13(15-6-14-12)19-7-16-11/h6-10H,2-5H2,1H3/t8-,10+/m1/s1. The minimum atomic E-state index is 0.253. The molecule has 0 N–H and O–H groups in total. The molecule has 0 bridgehead atoms. The zero-order valence-corrected chi connectivity index (χ0v) is 11.6. The van der Waals surface area contributed by atoms with Crippen LogP contribution in [-0.4, -0.2) is 40.2 Å². The summed E-state index contributed by atoms with van der Waals surface area (Å²) in [4.78, 5) is 16.4. The third-order valence-electron chi connectivity index (χ3n) is 3.85. The van der Waals surface area contributed by atoms with Gasteiger partial charge in [0.15, 0.2) is 5.82 Å². The molecule has 5 nitrogen and oxygen atoms in total. The van der Waals surface area contributed by atoms with Gasteiger partial charge < -0.3 is 9.64 Å². The fourth-order valence-electron chi connectivity index (χ4n) is 2.80. The Morgan fingerprint density at radius 1 is 1.26 bits per heavy atom. The van der Waals surface area contributed by atoms with Crippen LogP contribution in [-0.2, 0) is 4.74 Å². The maximum atomic E-state index is 6.05. The lowest BCUT2D eigenvalue weighted by Crippen LogP contribution is -2.48. The first kappa shape index (κ1) is 11.5. The van der Waals surface area contributed by atoms with Gasteiger partial charge in [-0.2, -0.15) is 0 Å². The molecule has 2 aromatic rings. The molecule has 1 aliphatic carbocycles. The Balaban J connectivity index is 1.68. The number of thiazole rings is 1. The summed E-state index contributed by atoms with van der Waals surface area (Å²) in [7, 11) is 0. The van der Waals surface area contributed by atoms with E-state index in [4.69, 9.17) is 4.74 Å². The molecule has 19 heavy (non-hydrogen) atoms. The first-order valence-corrected chi connectivity index (χ1v) is 7.64. The van der Waals surface area contributed by atoms with Gasteiger partial charge in [0.05, 0.1) is 17.7 Å². The summed E-state index contributed by atoms with van der Waals surface area (Å²) in [5.74, 6) is 1.71. The lowest BCUT2D eigenvalue weighted by molar-refractivity contribution is -0.0272. The number of ether oxygens (including phenoxy) is 1. The van der Waals surface area contributed by atoms with Crippen molar-refractivity contribution in [1.82, 2.24) is 15.0 Å².